The summed E-state index contributed by atoms with van der Waals surface area (Å²) in [5.41, 5.74) is 0. The molecular formula is C9H13N5O3. The topological polar surface area (TPSA) is 101 Å². The Morgan fingerprint density at radius 1 is 1.47 bits per heavy atom. The van der Waals surface area contributed by atoms with Crippen LogP contribution in [0.2, 0.25) is 0 Å². The number of carbonyl (C=O) groups is 2. The summed E-state index contributed by atoms with van der Waals surface area (Å²) in [5.74, 6) is -0.833. The van der Waals surface area contributed by atoms with Crippen LogP contribution in [0.4, 0.5) is 0 Å². The molecule has 1 aromatic rings. The van der Waals surface area contributed by atoms with Gasteiger partial charge in [-0.2, -0.15) is 0 Å². The molecule has 1 atom stereocenters. The first-order valence-electron chi connectivity index (χ1n) is 5.35. The van der Waals surface area contributed by atoms with Gasteiger partial charge in [-0.3, -0.25) is 9.59 Å². The summed E-state index contributed by atoms with van der Waals surface area (Å²) in [4.78, 5) is 24.0. The van der Waals surface area contributed by atoms with E-state index < -0.39 is 5.97 Å². The van der Waals surface area contributed by atoms with Gasteiger partial charge in [-0.05, 0) is 22.8 Å². The summed E-state index contributed by atoms with van der Waals surface area (Å²) in [5, 5.41) is 19.2. The number of aromatic nitrogens is 4. The highest BCUT2D eigenvalue weighted by Crippen LogP contribution is 2.19. The first kappa shape index (κ1) is 11.5. The van der Waals surface area contributed by atoms with E-state index >= 15 is 0 Å². The van der Waals surface area contributed by atoms with Gasteiger partial charge in [0, 0.05) is 19.5 Å². The monoisotopic (exact) mass is 239 g/mol. The van der Waals surface area contributed by atoms with Crippen LogP contribution in [0.1, 0.15) is 12.8 Å². The van der Waals surface area contributed by atoms with Crippen molar-refractivity contribution in [3.8, 4) is 0 Å². The van der Waals surface area contributed by atoms with E-state index in [2.05, 4.69) is 15.5 Å². The fraction of sp³-hybridized carbons (Fsp3) is 0.667. The number of rotatable bonds is 4. The van der Waals surface area contributed by atoms with Crippen LogP contribution in [0.5, 0.6) is 0 Å². The number of aliphatic carboxylic acids is 1. The molecule has 1 amide bonds. The standard InChI is InChI=1S/C9H13N5O3/c15-8(5-14-6-10-11-12-14)13-2-1-7(4-13)3-9(16)17/h6-7H,1-5H2,(H,16,17). The molecule has 92 valence electrons. The molecule has 2 heterocycles. The number of hydrogen-bond acceptors (Lipinski definition) is 5. The predicted molar refractivity (Wildman–Crippen MR) is 54.8 cm³/mol. The lowest BCUT2D eigenvalue weighted by molar-refractivity contribution is -0.138. The number of carbonyl (C=O) groups excluding carboxylic acids is 1. The van der Waals surface area contributed by atoms with Crippen LogP contribution in [0, 0.1) is 5.92 Å². The second-order valence-corrected chi connectivity index (χ2v) is 4.10. The second-order valence-electron chi connectivity index (χ2n) is 4.10. The zero-order valence-corrected chi connectivity index (χ0v) is 9.19. The van der Waals surface area contributed by atoms with Crippen molar-refractivity contribution < 1.29 is 14.7 Å². The Labute approximate surface area is 97.2 Å². The summed E-state index contributed by atoms with van der Waals surface area (Å²) >= 11 is 0. The van der Waals surface area contributed by atoms with Crippen LogP contribution in [-0.4, -0.2) is 55.2 Å². The molecule has 1 aromatic heterocycles. The Morgan fingerprint density at radius 3 is 2.94 bits per heavy atom. The fourth-order valence-electron chi connectivity index (χ4n) is 1.96. The van der Waals surface area contributed by atoms with Gasteiger partial charge in [-0.1, -0.05) is 0 Å². The lowest BCUT2D eigenvalue weighted by Gasteiger charge is -2.15. The van der Waals surface area contributed by atoms with Crippen LogP contribution >= 0.6 is 0 Å². The molecule has 1 aliphatic rings. The van der Waals surface area contributed by atoms with Crippen molar-refractivity contribution in [1.82, 2.24) is 25.1 Å². The number of likely N-dealkylation sites (tertiary alicyclic amines) is 1. The van der Waals surface area contributed by atoms with Crippen molar-refractivity contribution in [1.29, 1.82) is 0 Å². The van der Waals surface area contributed by atoms with Crippen molar-refractivity contribution in [3.63, 3.8) is 0 Å². The molecule has 0 spiro atoms. The van der Waals surface area contributed by atoms with E-state index in [9.17, 15) is 9.59 Å². The van der Waals surface area contributed by atoms with E-state index in [1.807, 2.05) is 0 Å². The third-order valence-electron chi connectivity index (χ3n) is 2.79. The molecule has 1 fully saturated rings. The minimum Gasteiger partial charge on any atom is -0.481 e. The molecule has 8 nitrogen and oxygen atoms in total. The van der Waals surface area contributed by atoms with Gasteiger partial charge in [-0.25, -0.2) is 4.68 Å². The van der Waals surface area contributed by atoms with Gasteiger partial charge >= 0.3 is 5.97 Å². The molecule has 0 aromatic carbocycles. The van der Waals surface area contributed by atoms with Gasteiger partial charge in [0.15, 0.2) is 0 Å². The Hall–Kier alpha value is -1.99. The summed E-state index contributed by atoms with van der Waals surface area (Å²) in [7, 11) is 0. The number of carboxylic acid groups (broad SMARTS) is 1. The molecule has 1 N–H and O–H groups in total. The highest BCUT2D eigenvalue weighted by atomic mass is 16.4. The maximum atomic E-state index is 11.8. The van der Waals surface area contributed by atoms with Crippen molar-refractivity contribution in [2.75, 3.05) is 13.1 Å². The Morgan fingerprint density at radius 2 is 2.29 bits per heavy atom. The lowest BCUT2D eigenvalue weighted by Crippen LogP contribution is -2.32. The third-order valence-corrected chi connectivity index (χ3v) is 2.79. The van der Waals surface area contributed by atoms with Gasteiger partial charge in [0.1, 0.15) is 12.9 Å². The van der Waals surface area contributed by atoms with Gasteiger partial charge in [0.05, 0.1) is 0 Å². The normalized spacial score (nSPS) is 19.5. The van der Waals surface area contributed by atoms with Gasteiger partial charge in [-0.15, -0.1) is 5.10 Å². The van der Waals surface area contributed by atoms with E-state index in [1.54, 1.807) is 4.90 Å². The summed E-state index contributed by atoms with van der Waals surface area (Å²) in [6, 6.07) is 0. The molecule has 0 aliphatic carbocycles. The first-order valence-corrected chi connectivity index (χ1v) is 5.35. The molecule has 0 bridgehead atoms. The van der Waals surface area contributed by atoms with Crippen LogP contribution in [0.15, 0.2) is 6.33 Å². The molecule has 17 heavy (non-hydrogen) atoms. The molecule has 2 rings (SSSR count). The molecule has 8 heteroatoms. The second kappa shape index (κ2) is 4.89. The lowest BCUT2D eigenvalue weighted by atomic mass is 10.1. The summed E-state index contributed by atoms with van der Waals surface area (Å²) in [6.07, 6.45) is 2.24. The van der Waals surface area contributed by atoms with E-state index in [-0.39, 0.29) is 24.8 Å². The number of nitrogens with zero attached hydrogens (tertiary/aromatic N) is 5. The fourth-order valence-corrected chi connectivity index (χ4v) is 1.96. The average molecular weight is 239 g/mol. The predicted octanol–water partition coefficient (Wildman–Crippen LogP) is -1.00. The maximum absolute atomic E-state index is 11.8. The summed E-state index contributed by atoms with van der Waals surface area (Å²) < 4.78 is 1.35. The highest BCUT2D eigenvalue weighted by Gasteiger charge is 2.27. The SMILES string of the molecule is O=C(O)CC1CCN(C(=O)Cn2cnnn2)C1. The molecule has 1 saturated heterocycles. The number of tetrazole rings is 1. The van der Waals surface area contributed by atoms with Crippen LogP contribution in [0.25, 0.3) is 0 Å². The quantitative estimate of drug-likeness (QED) is 0.722. The van der Waals surface area contributed by atoms with Crippen LogP contribution in [-0.2, 0) is 16.1 Å². The minimum atomic E-state index is -0.815. The number of carboxylic acids is 1. The summed E-state index contributed by atoms with van der Waals surface area (Å²) in [6.45, 7) is 1.22. The average Bonchev–Trinajstić information content (AvgIpc) is 2.87. The first-order chi connectivity index (χ1) is 8.15. The number of hydrogen-bond donors (Lipinski definition) is 1. The van der Waals surface area contributed by atoms with Crippen molar-refractivity contribution in [2.45, 2.75) is 19.4 Å². The zero-order chi connectivity index (χ0) is 12.3. The van der Waals surface area contributed by atoms with Crippen molar-refractivity contribution in [2.24, 2.45) is 5.92 Å². The Balaban J connectivity index is 1.83. The molecular weight excluding hydrogens is 226 g/mol. The largest absolute Gasteiger partial charge is 0.481 e. The highest BCUT2D eigenvalue weighted by molar-refractivity contribution is 5.76. The number of amides is 1. The Bertz CT molecular complexity index is 405. The van der Waals surface area contributed by atoms with Crippen LogP contribution < -0.4 is 0 Å². The molecule has 0 radical (unpaired) electrons. The van der Waals surface area contributed by atoms with Gasteiger partial charge < -0.3 is 10.0 Å². The van der Waals surface area contributed by atoms with Crippen LogP contribution in [0.3, 0.4) is 0 Å². The Kier molecular flexibility index (Phi) is 3.31. The minimum absolute atomic E-state index is 0.0605. The van der Waals surface area contributed by atoms with Gasteiger partial charge in [0.2, 0.25) is 5.91 Å². The van der Waals surface area contributed by atoms with E-state index in [0.29, 0.717) is 13.1 Å². The maximum Gasteiger partial charge on any atom is 0.303 e. The smallest absolute Gasteiger partial charge is 0.303 e. The molecule has 1 aliphatic heterocycles. The van der Waals surface area contributed by atoms with Crippen molar-refractivity contribution in [3.05, 3.63) is 6.33 Å². The third kappa shape index (κ3) is 2.99. The van der Waals surface area contributed by atoms with E-state index in [4.69, 9.17) is 5.11 Å². The zero-order valence-electron chi connectivity index (χ0n) is 9.19. The van der Waals surface area contributed by atoms with Crippen molar-refractivity contribution >= 4 is 11.9 Å². The van der Waals surface area contributed by atoms with E-state index in [1.165, 1.54) is 11.0 Å². The van der Waals surface area contributed by atoms with Gasteiger partial charge in [0.25, 0.3) is 0 Å². The molecule has 1 unspecified atom stereocenters. The van der Waals surface area contributed by atoms with E-state index in [0.717, 1.165) is 6.42 Å². The molecule has 0 saturated carbocycles.